The fourth-order valence-corrected chi connectivity index (χ4v) is 4.82. The normalized spacial score (nSPS) is 24.6. The Hall–Kier alpha value is -2.49. The summed E-state index contributed by atoms with van der Waals surface area (Å²) >= 11 is 0. The molecule has 0 radical (unpaired) electrons. The minimum Gasteiger partial charge on any atom is -0.508 e. The Morgan fingerprint density at radius 3 is 2.30 bits per heavy atom. The molecule has 1 saturated carbocycles. The number of aromatic hydroxyl groups is 1. The van der Waals surface area contributed by atoms with E-state index in [1.165, 1.54) is 24.0 Å². The zero-order chi connectivity index (χ0) is 19.0. The first-order valence-corrected chi connectivity index (χ1v) is 9.92. The third-order valence-corrected chi connectivity index (χ3v) is 6.55. The van der Waals surface area contributed by atoms with Gasteiger partial charge in [0.2, 0.25) is 0 Å². The topological polar surface area (TPSA) is 52.6 Å². The molecule has 2 aliphatic rings. The summed E-state index contributed by atoms with van der Waals surface area (Å²) in [7, 11) is 1.83. The van der Waals surface area contributed by atoms with Crippen molar-refractivity contribution in [3.05, 3.63) is 65.2 Å². The Kier molecular flexibility index (Phi) is 4.81. The van der Waals surface area contributed by atoms with Gasteiger partial charge in [-0.15, -0.1) is 0 Å². The van der Waals surface area contributed by atoms with Crippen LogP contribution in [0, 0.1) is 11.8 Å². The van der Waals surface area contributed by atoms with Crippen LogP contribution < -0.4 is 5.32 Å². The summed E-state index contributed by atoms with van der Waals surface area (Å²) in [5, 5.41) is 13.1. The van der Waals surface area contributed by atoms with Crippen LogP contribution >= 0.6 is 0 Å². The van der Waals surface area contributed by atoms with Crippen molar-refractivity contribution >= 4 is 6.03 Å². The number of carbonyl (C=O) groups is 1. The molecule has 4 rings (SSSR count). The molecule has 4 nitrogen and oxygen atoms in total. The van der Waals surface area contributed by atoms with Crippen LogP contribution in [0.4, 0.5) is 4.79 Å². The number of fused-ring (bicyclic) bond motifs is 3. The van der Waals surface area contributed by atoms with Gasteiger partial charge in [0.15, 0.2) is 0 Å². The molecular weight excluding hydrogens is 336 g/mol. The van der Waals surface area contributed by atoms with Crippen molar-refractivity contribution in [2.24, 2.45) is 11.8 Å². The number of phenolic OH excluding ortho intramolecular Hbond substituents is 1. The lowest BCUT2D eigenvalue weighted by Crippen LogP contribution is -2.48. The van der Waals surface area contributed by atoms with E-state index in [1.54, 1.807) is 17.0 Å². The number of nitrogens with zero attached hydrogens (tertiary/aromatic N) is 1. The Morgan fingerprint density at radius 2 is 1.70 bits per heavy atom. The van der Waals surface area contributed by atoms with E-state index in [0.717, 1.165) is 18.4 Å². The van der Waals surface area contributed by atoms with Crippen LogP contribution in [0.25, 0.3) is 0 Å². The molecule has 3 atom stereocenters. The van der Waals surface area contributed by atoms with E-state index in [1.807, 2.05) is 26.1 Å². The molecular formula is C23H28N2O2. The fourth-order valence-electron chi connectivity index (χ4n) is 4.82. The minimum atomic E-state index is -0.0993. The number of urea groups is 1. The predicted molar refractivity (Wildman–Crippen MR) is 107 cm³/mol. The molecule has 0 aliphatic heterocycles. The molecule has 27 heavy (non-hydrogen) atoms. The highest BCUT2D eigenvalue weighted by atomic mass is 16.3. The molecule has 0 heterocycles. The first kappa shape index (κ1) is 17.9. The van der Waals surface area contributed by atoms with Gasteiger partial charge in [0.1, 0.15) is 5.75 Å². The number of hydrogen-bond acceptors (Lipinski definition) is 2. The maximum atomic E-state index is 13.0. The average molecular weight is 364 g/mol. The van der Waals surface area contributed by atoms with Crippen molar-refractivity contribution in [2.45, 2.75) is 44.7 Å². The summed E-state index contributed by atoms with van der Waals surface area (Å²) in [6.07, 6.45) is 4.50. The monoisotopic (exact) mass is 364 g/mol. The average Bonchev–Trinajstić information content (AvgIpc) is 2.94. The maximum absolute atomic E-state index is 13.0. The van der Waals surface area contributed by atoms with Crippen molar-refractivity contribution in [3.8, 4) is 5.75 Å². The van der Waals surface area contributed by atoms with E-state index < -0.39 is 0 Å². The second kappa shape index (κ2) is 7.26. The Bertz CT molecular complexity index is 802. The zero-order valence-electron chi connectivity index (χ0n) is 16.1. The van der Waals surface area contributed by atoms with Gasteiger partial charge in [0.25, 0.3) is 0 Å². The number of rotatable bonds is 3. The molecule has 2 N–H and O–H groups in total. The number of benzene rings is 2. The Morgan fingerprint density at radius 1 is 1.07 bits per heavy atom. The molecule has 0 aromatic heterocycles. The summed E-state index contributed by atoms with van der Waals surface area (Å²) in [5.41, 5.74) is 3.83. The number of phenols is 1. The van der Waals surface area contributed by atoms with E-state index in [2.05, 4.69) is 29.6 Å². The van der Waals surface area contributed by atoms with Gasteiger partial charge in [-0.05, 0) is 73.3 Å². The number of amides is 2. The van der Waals surface area contributed by atoms with Gasteiger partial charge in [-0.3, -0.25) is 0 Å². The quantitative estimate of drug-likeness (QED) is 0.854. The molecule has 2 aromatic carbocycles. The zero-order valence-corrected chi connectivity index (χ0v) is 16.1. The third kappa shape index (κ3) is 3.53. The van der Waals surface area contributed by atoms with Crippen molar-refractivity contribution in [1.29, 1.82) is 0 Å². The van der Waals surface area contributed by atoms with E-state index >= 15 is 0 Å². The summed E-state index contributed by atoms with van der Waals surface area (Å²) in [6, 6.07) is 16.0. The Labute approximate surface area is 161 Å². The lowest BCUT2D eigenvalue weighted by Gasteiger charge is -2.30. The van der Waals surface area contributed by atoms with Crippen molar-refractivity contribution in [3.63, 3.8) is 0 Å². The molecule has 1 fully saturated rings. The predicted octanol–water partition coefficient (Wildman–Crippen LogP) is 4.29. The maximum Gasteiger partial charge on any atom is 0.317 e. The van der Waals surface area contributed by atoms with Crippen LogP contribution in [0.5, 0.6) is 5.75 Å². The highest BCUT2D eigenvalue weighted by Crippen LogP contribution is 2.40. The molecule has 3 unspecified atom stereocenters. The summed E-state index contributed by atoms with van der Waals surface area (Å²) in [5.74, 6) is 1.27. The molecule has 2 aromatic rings. The standard InChI is InChI=1S/C23H28N2O2/c1-15(16-8-5-9-21(26)14-16)25(2)23(27)24-22-19-10-11-20(22)13-18-7-4-3-6-17(18)12-19/h3-9,14-15,19-20,22,26H,10-13H2,1-2H3,(H,24,27). The highest BCUT2D eigenvalue weighted by Gasteiger charge is 2.40. The first-order chi connectivity index (χ1) is 13.0. The first-order valence-electron chi connectivity index (χ1n) is 9.92. The molecule has 4 heteroatoms. The summed E-state index contributed by atoms with van der Waals surface area (Å²) in [4.78, 5) is 14.7. The molecule has 2 amide bonds. The van der Waals surface area contributed by atoms with E-state index in [4.69, 9.17) is 0 Å². The van der Waals surface area contributed by atoms with Gasteiger partial charge in [-0.25, -0.2) is 4.79 Å². The van der Waals surface area contributed by atoms with E-state index in [-0.39, 0.29) is 23.9 Å². The van der Waals surface area contributed by atoms with Gasteiger partial charge in [-0.2, -0.15) is 0 Å². The molecule has 2 aliphatic carbocycles. The van der Waals surface area contributed by atoms with Gasteiger partial charge in [-0.1, -0.05) is 36.4 Å². The second-order valence-corrected chi connectivity index (χ2v) is 8.13. The van der Waals surface area contributed by atoms with Crippen molar-refractivity contribution in [2.75, 3.05) is 7.05 Å². The molecule has 0 spiro atoms. The van der Waals surface area contributed by atoms with Gasteiger partial charge in [0, 0.05) is 13.1 Å². The van der Waals surface area contributed by atoms with Crippen LogP contribution in [-0.4, -0.2) is 29.1 Å². The smallest absolute Gasteiger partial charge is 0.317 e. The fraction of sp³-hybridized carbons (Fsp3) is 0.435. The number of hydrogen-bond donors (Lipinski definition) is 2. The summed E-state index contributed by atoms with van der Waals surface area (Å²) < 4.78 is 0. The molecule has 2 bridgehead atoms. The number of nitrogens with one attached hydrogen (secondary N) is 1. The largest absolute Gasteiger partial charge is 0.508 e. The number of carbonyl (C=O) groups excluding carboxylic acids is 1. The summed E-state index contributed by atoms with van der Waals surface area (Å²) in [6.45, 7) is 1.99. The van der Waals surface area contributed by atoms with Gasteiger partial charge >= 0.3 is 6.03 Å². The highest BCUT2D eigenvalue weighted by molar-refractivity contribution is 5.75. The lowest BCUT2D eigenvalue weighted by molar-refractivity contribution is 0.183. The minimum absolute atomic E-state index is 0.0290. The lowest BCUT2D eigenvalue weighted by atomic mass is 9.94. The van der Waals surface area contributed by atoms with Gasteiger partial charge in [0.05, 0.1) is 6.04 Å². The van der Waals surface area contributed by atoms with Crippen LogP contribution in [0.1, 0.15) is 42.5 Å². The second-order valence-electron chi connectivity index (χ2n) is 8.13. The van der Waals surface area contributed by atoms with E-state index in [9.17, 15) is 9.90 Å². The van der Waals surface area contributed by atoms with Gasteiger partial charge < -0.3 is 15.3 Å². The van der Waals surface area contributed by atoms with Crippen molar-refractivity contribution in [1.82, 2.24) is 10.2 Å². The van der Waals surface area contributed by atoms with Crippen molar-refractivity contribution < 1.29 is 9.90 Å². The third-order valence-electron chi connectivity index (χ3n) is 6.55. The van der Waals surface area contributed by atoms with E-state index in [0.29, 0.717) is 11.8 Å². The Balaban J connectivity index is 1.47. The molecule has 142 valence electrons. The van der Waals surface area contributed by atoms with Crippen LogP contribution in [0.3, 0.4) is 0 Å². The van der Waals surface area contributed by atoms with Crippen LogP contribution in [0.15, 0.2) is 48.5 Å². The van der Waals surface area contributed by atoms with Crippen LogP contribution in [0.2, 0.25) is 0 Å². The molecule has 0 saturated heterocycles. The van der Waals surface area contributed by atoms with Crippen LogP contribution in [-0.2, 0) is 12.8 Å². The SMILES string of the molecule is CC(c1cccc(O)c1)N(C)C(=O)NC1C2CCC1Cc1ccccc1C2.